The Hall–Kier alpha value is -5.63. The predicted molar refractivity (Wildman–Crippen MR) is 216 cm³/mol. The Morgan fingerprint density at radius 1 is 0.839 bits per heavy atom. The zero-order chi connectivity index (χ0) is 40.1. The number of carbonyl (C=O) groups excluding carboxylic acids is 4. The number of carbonyl (C=O) groups is 4. The zero-order valence-electron chi connectivity index (χ0n) is 33.1. The number of aromatic amines is 1. The number of likely N-dealkylation sites (N-methyl/N-ethyl adjacent to an activating group) is 1. The molecule has 56 heavy (non-hydrogen) atoms. The van der Waals surface area contributed by atoms with Crippen molar-refractivity contribution in [3.8, 4) is 22.5 Å². The highest BCUT2D eigenvalue weighted by molar-refractivity contribution is 5.98. The van der Waals surface area contributed by atoms with Gasteiger partial charge in [0.1, 0.15) is 11.6 Å². The number of alkyl carbamates (subject to hydrolysis) is 1. The van der Waals surface area contributed by atoms with Gasteiger partial charge in [-0.25, -0.2) is 4.79 Å². The van der Waals surface area contributed by atoms with E-state index in [1.165, 1.54) is 0 Å². The molecule has 0 bridgehead atoms. The molecule has 0 saturated heterocycles. The highest BCUT2D eigenvalue weighted by Gasteiger charge is 2.30. The number of nitrogens with zero attached hydrogens (tertiary/aromatic N) is 4. The number of tetrazole rings is 1. The van der Waals surface area contributed by atoms with Crippen LogP contribution in [0.5, 0.6) is 0 Å². The van der Waals surface area contributed by atoms with Crippen molar-refractivity contribution in [3.05, 3.63) is 83.9 Å². The van der Waals surface area contributed by atoms with E-state index in [0.29, 0.717) is 43.0 Å². The SMILES string of the molecule is CCN(CC)CCNC(=O)c1ccc(-c2ccc(C[C@H](NC(=O)C3CCC(CNC(=O)OC(C)(C)C)CC3)C(=O)Nc3ccc(-c4nn[nH]n4)cc3)cc2)cc1. The van der Waals surface area contributed by atoms with Crippen molar-refractivity contribution in [1.82, 2.24) is 41.5 Å². The minimum absolute atomic E-state index is 0.100. The van der Waals surface area contributed by atoms with E-state index in [1.807, 2.05) is 69.3 Å². The topological polar surface area (TPSA) is 183 Å². The normalized spacial score (nSPS) is 16.1. The second-order valence-corrected chi connectivity index (χ2v) is 15.2. The number of benzene rings is 3. The Bertz CT molecular complexity index is 1860. The van der Waals surface area contributed by atoms with Gasteiger partial charge in [-0.15, -0.1) is 10.2 Å². The molecule has 1 atom stereocenters. The summed E-state index contributed by atoms with van der Waals surface area (Å²) in [6.45, 7) is 13.5. The van der Waals surface area contributed by atoms with Crippen LogP contribution >= 0.6 is 0 Å². The Morgan fingerprint density at radius 2 is 1.46 bits per heavy atom. The minimum Gasteiger partial charge on any atom is -0.444 e. The van der Waals surface area contributed by atoms with Crippen LogP contribution in [0, 0.1) is 11.8 Å². The monoisotopic (exact) mass is 765 g/mol. The summed E-state index contributed by atoms with van der Waals surface area (Å²) in [4.78, 5) is 54.5. The number of rotatable bonds is 16. The maximum absolute atomic E-state index is 13.8. The van der Waals surface area contributed by atoms with Crippen molar-refractivity contribution < 1.29 is 23.9 Å². The van der Waals surface area contributed by atoms with Gasteiger partial charge in [-0.05, 0) is 124 Å². The van der Waals surface area contributed by atoms with Crippen molar-refractivity contribution in [2.24, 2.45) is 11.8 Å². The lowest BCUT2D eigenvalue weighted by Crippen LogP contribution is -2.48. The maximum atomic E-state index is 13.8. The first-order valence-electron chi connectivity index (χ1n) is 19.5. The number of hydrogen-bond acceptors (Lipinski definition) is 9. The summed E-state index contributed by atoms with van der Waals surface area (Å²) < 4.78 is 5.36. The van der Waals surface area contributed by atoms with Crippen LogP contribution < -0.4 is 21.3 Å². The van der Waals surface area contributed by atoms with E-state index in [2.05, 4.69) is 60.6 Å². The number of ether oxygens (including phenoxy) is 1. The molecule has 1 aliphatic rings. The third kappa shape index (κ3) is 12.4. The lowest BCUT2D eigenvalue weighted by atomic mass is 9.81. The van der Waals surface area contributed by atoms with E-state index in [-0.39, 0.29) is 36.0 Å². The summed E-state index contributed by atoms with van der Waals surface area (Å²) in [5.74, 6) is -0.158. The molecule has 3 aromatic carbocycles. The van der Waals surface area contributed by atoms with E-state index in [0.717, 1.165) is 54.7 Å². The van der Waals surface area contributed by atoms with Crippen LogP contribution in [0.2, 0.25) is 0 Å². The number of H-pyrrole nitrogens is 1. The Kier molecular flexibility index (Phi) is 14.7. The fourth-order valence-corrected chi connectivity index (χ4v) is 6.74. The first-order valence-corrected chi connectivity index (χ1v) is 19.5. The molecule has 14 nitrogen and oxygen atoms in total. The van der Waals surface area contributed by atoms with E-state index >= 15 is 0 Å². The first kappa shape index (κ1) is 41.5. The average molecular weight is 766 g/mol. The summed E-state index contributed by atoms with van der Waals surface area (Å²) in [6, 6.07) is 21.6. The van der Waals surface area contributed by atoms with Crippen LogP contribution in [0.4, 0.5) is 10.5 Å². The number of hydrogen-bond donors (Lipinski definition) is 5. The van der Waals surface area contributed by atoms with Crippen LogP contribution in [0.15, 0.2) is 72.8 Å². The quantitative estimate of drug-likeness (QED) is 0.0969. The molecule has 298 valence electrons. The molecule has 5 rings (SSSR count). The van der Waals surface area contributed by atoms with E-state index in [1.54, 1.807) is 24.3 Å². The fourth-order valence-electron chi connectivity index (χ4n) is 6.74. The smallest absolute Gasteiger partial charge is 0.407 e. The first-order chi connectivity index (χ1) is 26.9. The molecule has 1 fully saturated rings. The molecule has 14 heteroatoms. The van der Waals surface area contributed by atoms with Crippen molar-refractivity contribution in [3.63, 3.8) is 0 Å². The van der Waals surface area contributed by atoms with Gasteiger partial charge in [-0.1, -0.05) is 50.2 Å². The summed E-state index contributed by atoms with van der Waals surface area (Å²) in [7, 11) is 0. The summed E-state index contributed by atoms with van der Waals surface area (Å²) in [5.41, 5.74) is 4.14. The maximum Gasteiger partial charge on any atom is 0.407 e. The molecule has 1 aromatic heterocycles. The molecule has 1 saturated carbocycles. The third-order valence-corrected chi connectivity index (χ3v) is 10.0. The molecule has 5 N–H and O–H groups in total. The number of anilines is 1. The standard InChI is InChI=1S/C42H55N9O5/c1-6-51(7-2)25-24-43-38(52)33-18-16-31(17-19-33)30-12-8-28(9-13-30)26-36(40(54)45-35-22-20-32(21-23-35)37-47-49-50-48-37)46-39(53)34-14-10-29(11-15-34)27-44-41(55)56-42(3,4)5/h8-9,12-13,16-23,29,34,36H,6-7,10-11,14-15,24-27H2,1-5H3,(H,43,52)(H,44,55)(H,45,54)(H,46,53)(H,47,48,49,50)/t29?,34?,36-/m0/s1. The van der Waals surface area contributed by atoms with Gasteiger partial charge in [0.2, 0.25) is 17.6 Å². The number of aromatic nitrogens is 4. The minimum atomic E-state index is -0.837. The zero-order valence-corrected chi connectivity index (χ0v) is 33.1. The highest BCUT2D eigenvalue weighted by Crippen LogP contribution is 2.29. The second kappa shape index (κ2) is 19.8. The van der Waals surface area contributed by atoms with Crippen LogP contribution in [-0.2, 0) is 20.7 Å². The van der Waals surface area contributed by atoms with Gasteiger partial charge in [-0.2, -0.15) is 5.21 Å². The lowest BCUT2D eigenvalue weighted by molar-refractivity contribution is -0.130. The molecule has 1 heterocycles. The Morgan fingerprint density at radius 3 is 2.05 bits per heavy atom. The van der Waals surface area contributed by atoms with Crippen LogP contribution in [-0.4, -0.2) is 93.7 Å². The van der Waals surface area contributed by atoms with Crippen LogP contribution in [0.3, 0.4) is 0 Å². The van der Waals surface area contributed by atoms with Crippen LogP contribution in [0.25, 0.3) is 22.5 Å². The van der Waals surface area contributed by atoms with E-state index < -0.39 is 17.7 Å². The van der Waals surface area contributed by atoms with Gasteiger partial charge in [-0.3, -0.25) is 14.4 Å². The lowest BCUT2D eigenvalue weighted by Gasteiger charge is -2.29. The van der Waals surface area contributed by atoms with Crippen molar-refractivity contribution in [2.45, 2.75) is 78.4 Å². The molecule has 4 amide bonds. The van der Waals surface area contributed by atoms with Gasteiger partial charge >= 0.3 is 6.09 Å². The van der Waals surface area contributed by atoms with E-state index in [9.17, 15) is 19.2 Å². The van der Waals surface area contributed by atoms with Gasteiger partial charge in [0.05, 0.1) is 0 Å². The Balaban J connectivity index is 1.21. The average Bonchev–Trinajstić information content (AvgIpc) is 3.74. The van der Waals surface area contributed by atoms with Gasteiger partial charge < -0.3 is 30.9 Å². The van der Waals surface area contributed by atoms with Gasteiger partial charge in [0.25, 0.3) is 5.91 Å². The summed E-state index contributed by atoms with van der Waals surface area (Å²) >= 11 is 0. The summed E-state index contributed by atoms with van der Waals surface area (Å²) in [6.07, 6.45) is 2.71. The largest absolute Gasteiger partial charge is 0.444 e. The van der Waals surface area contributed by atoms with Crippen LogP contribution in [0.1, 0.15) is 76.2 Å². The second-order valence-electron chi connectivity index (χ2n) is 15.2. The van der Waals surface area contributed by atoms with Crippen molar-refractivity contribution in [1.29, 1.82) is 0 Å². The number of amides is 4. The molecule has 0 unspecified atom stereocenters. The molecular weight excluding hydrogens is 711 g/mol. The predicted octanol–water partition coefficient (Wildman–Crippen LogP) is 5.60. The number of nitrogens with one attached hydrogen (secondary N) is 5. The molecule has 0 radical (unpaired) electrons. The van der Waals surface area contributed by atoms with Gasteiger partial charge in [0, 0.05) is 48.8 Å². The molecule has 0 spiro atoms. The molecule has 1 aliphatic carbocycles. The third-order valence-electron chi connectivity index (χ3n) is 10.0. The van der Waals surface area contributed by atoms with E-state index in [4.69, 9.17) is 4.74 Å². The fraction of sp³-hybridized carbons (Fsp3) is 0.452. The highest BCUT2D eigenvalue weighted by atomic mass is 16.6. The molecule has 0 aliphatic heterocycles. The van der Waals surface area contributed by atoms with Crippen molar-refractivity contribution >= 4 is 29.5 Å². The molecule has 4 aromatic rings. The summed E-state index contributed by atoms with van der Waals surface area (Å²) in [5, 5.41) is 25.9. The Labute approximate surface area is 328 Å². The molecular formula is C42H55N9O5. The van der Waals surface area contributed by atoms with Gasteiger partial charge in [0.15, 0.2) is 0 Å². The van der Waals surface area contributed by atoms with Crippen molar-refractivity contribution in [2.75, 3.05) is 38.0 Å².